The molecule has 0 saturated heterocycles. The molecule has 1 aromatic carbocycles. The maximum Gasteiger partial charge on any atom is 0.328 e. The number of allylic oxidation sites excluding steroid dienone is 1. The fourth-order valence-electron chi connectivity index (χ4n) is 1.81. The SMILES string of the molecule is CCC/C(=C\C(=O)O)c1cc(OC)c(Cl)cc1OC. The predicted octanol–water partition coefficient (Wildman–Crippen LogP) is 3.63. The maximum absolute atomic E-state index is 10.9. The van der Waals surface area contributed by atoms with Gasteiger partial charge in [0.2, 0.25) is 0 Å². The van der Waals surface area contributed by atoms with Gasteiger partial charge in [0.15, 0.2) is 0 Å². The van der Waals surface area contributed by atoms with Crippen LogP contribution in [0.4, 0.5) is 0 Å². The molecule has 1 aromatic rings. The van der Waals surface area contributed by atoms with E-state index in [1.165, 1.54) is 20.3 Å². The molecule has 4 nitrogen and oxygen atoms in total. The van der Waals surface area contributed by atoms with E-state index in [9.17, 15) is 4.79 Å². The zero-order valence-electron chi connectivity index (χ0n) is 11.2. The lowest BCUT2D eigenvalue weighted by Crippen LogP contribution is -1.97. The van der Waals surface area contributed by atoms with Gasteiger partial charge in [-0.1, -0.05) is 24.9 Å². The number of rotatable bonds is 6. The van der Waals surface area contributed by atoms with Gasteiger partial charge in [0.05, 0.1) is 19.2 Å². The summed E-state index contributed by atoms with van der Waals surface area (Å²) in [6, 6.07) is 3.33. The molecule has 19 heavy (non-hydrogen) atoms. The highest BCUT2D eigenvalue weighted by molar-refractivity contribution is 6.32. The van der Waals surface area contributed by atoms with Crippen molar-refractivity contribution in [2.75, 3.05) is 14.2 Å². The van der Waals surface area contributed by atoms with Crippen LogP contribution in [-0.2, 0) is 4.79 Å². The van der Waals surface area contributed by atoms with Crippen molar-refractivity contribution in [1.29, 1.82) is 0 Å². The van der Waals surface area contributed by atoms with Gasteiger partial charge in [-0.2, -0.15) is 0 Å². The summed E-state index contributed by atoms with van der Waals surface area (Å²) in [5.74, 6) is 0.0380. The fourth-order valence-corrected chi connectivity index (χ4v) is 2.05. The molecule has 0 spiro atoms. The average Bonchev–Trinajstić information content (AvgIpc) is 2.37. The molecule has 0 bridgehead atoms. The van der Waals surface area contributed by atoms with Crippen molar-refractivity contribution in [3.8, 4) is 11.5 Å². The van der Waals surface area contributed by atoms with Crippen LogP contribution in [0, 0.1) is 0 Å². The standard InChI is InChI=1S/C14H17ClO4/c1-4-5-9(6-14(16)17)10-7-13(19-3)11(15)8-12(10)18-2/h6-8H,4-5H2,1-3H3,(H,16,17)/b9-6+. The third-order valence-corrected chi connectivity index (χ3v) is 2.93. The van der Waals surface area contributed by atoms with E-state index in [2.05, 4.69) is 0 Å². The van der Waals surface area contributed by atoms with Crippen molar-refractivity contribution in [2.45, 2.75) is 19.8 Å². The Kier molecular flexibility index (Phi) is 5.70. The van der Waals surface area contributed by atoms with E-state index in [-0.39, 0.29) is 0 Å². The molecule has 0 amide bonds. The molecule has 0 aliphatic heterocycles. The van der Waals surface area contributed by atoms with Gasteiger partial charge in [-0.05, 0) is 18.1 Å². The van der Waals surface area contributed by atoms with Crippen LogP contribution < -0.4 is 9.47 Å². The molecule has 0 aromatic heterocycles. The minimum Gasteiger partial charge on any atom is -0.496 e. The molecular weight excluding hydrogens is 268 g/mol. The van der Waals surface area contributed by atoms with Crippen molar-refractivity contribution in [3.05, 3.63) is 28.8 Å². The molecule has 0 fully saturated rings. The second-order valence-corrected chi connectivity index (χ2v) is 4.35. The van der Waals surface area contributed by atoms with Gasteiger partial charge in [0.1, 0.15) is 11.5 Å². The fraction of sp³-hybridized carbons (Fsp3) is 0.357. The zero-order valence-corrected chi connectivity index (χ0v) is 12.0. The van der Waals surface area contributed by atoms with Crippen LogP contribution in [0.5, 0.6) is 11.5 Å². The third-order valence-electron chi connectivity index (χ3n) is 2.64. The van der Waals surface area contributed by atoms with Crippen LogP contribution in [0.25, 0.3) is 5.57 Å². The van der Waals surface area contributed by atoms with Crippen LogP contribution in [0.2, 0.25) is 5.02 Å². The number of halogens is 1. The number of ether oxygens (including phenoxy) is 2. The first kappa shape index (κ1) is 15.4. The number of benzene rings is 1. The number of hydrogen-bond donors (Lipinski definition) is 1. The molecule has 0 atom stereocenters. The van der Waals surface area contributed by atoms with Gasteiger partial charge in [-0.3, -0.25) is 0 Å². The lowest BCUT2D eigenvalue weighted by Gasteiger charge is -2.14. The van der Waals surface area contributed by atoms with E-state index in [0.717, 1.165) is 6.42 Å². The summed E-state index contributed by atoms with van der Waals surface area (Å²) in [6.07, 6.45) is 2.65. The van der Waals surface area contributed by atoms with Crippen molar-refractivity contribution in [3.63, 3.8) is 0 Å². The molecule has 0 aliphatic rings. The first-order valence-electron chi connectivity index (χ1n) is 5.88. The highest BCUT2D eigenvalue weighted by Crippen LogP contribution is 2.37. The quantitative estimate of drug-likeness (QED) is 0.811. The highest BCUT2D eigenvalue weighted by Gasteiger charge is 2.14. The Hall–Kier alpha value is -1.68. The molecule has 5 heteroatoms. The number of carbonyl (C=O) groups is 1. The number of carboxylic acids is 1. The zero-order chi connectivity index (χ0) is 14.4. The molecule has 0 radical (unpaired) electrons. The van der Waals surface area contributed by atoms with Gasteiger partial charge in [-0.25, -0.2) is 4.79 Å². The first-order chi connectivity index (χ1) is 9.03. The number of hydrogen-bond acceptors (Lipinski definition) is 3. The van der Waals surface area contributed by atoms with E-state index in [1.807, 2.05) is 6.92 Å². The summed E-state index contributed by atoms with van der Waals surface area (Å²) < 4.78 is 10.4. The van der Waals surface area contributed by atoms with Crippen LogP contribution in [0.3, 0.4) is 0 Å². The second-order valence-electron chi connectivity index (χ2n) is 3.94. The Bertz CT molecular complexity index is 494. The summed E-state index contributed by atoms with van der Waals surface area (Å²) in [4.78, 5) is 10.9. The number of methoxy groups -OCH3 is 2. The summed E-state index contributed by atoms with van der Waals surface area (Å²) >= 11 is 6.03. The van der Waals surface area contributed by atoms with Gasteiger partial charge >= 0.3 is 5.97 Å². The van der Waals surface area contributed by atoms with Crippen molar-refractivity contribution in [2.24, 2.45) is 0 Å². The van der Waals surface area contributed by atoms with E-state index >= 15 is 0 Å². The summed E-state index contributed by atoms with van der Waals surface area (Å²) in [5, 5.41) is 9.37. The average molecular weight is 285 g/mol. The van der Waals surface area contributed by atoms with Gasteiger partial charge in [0.25, 0.3) is 0 Å². The van der Waals surface area contributed by atoms with Crippen LogP contribution in [-0.4, -0.2) is 25.3 Å². The molecular formula is C14H17ClO4. The van der Waals surface area contributed by atoms with E-state index in [0.29, 0.717) is 34.1 Å². The second kappa shape index (κ2) is 7.04. The maximum atomic E-state index is 10.9. The third kappa shape index (κ3) is 3.89. The molecule has 104 valence electrons. The smallest absolute Gasteiger partial charge is 0.328 e. The molecule has 0 unspecified atom stereocenters. The van der Waals surface area contributed by atoms with Crippen LogP contribution in [0.1, 0.15) is 25.3 Å². The lowest BCUT2D eigenvalue weighted by molar-refractivity contribution is -0.131. The van der Waals surface area contributed by atoms with Gasteiger partial charge in [0, 0.05) is 17.7 Å². The Morgan fingerprint density at radius 1 is 1.32 bits per heavy atom. The predicted molar refractivity (Wildman–Crippen MR) is 75.1 cm³/mol. The molecule has 0 saturated carbocycles. The Morgan fingerprint density at radius 3 is 2.42 bits per heavy atom. The van der Waals surface area contributed by atoms with Crippen molar-refractivity contribution >= 4 is 23.1 Å². The number of carboxylic acid groups (broad SMARTS) is 1. The monoisotopic (exact) mass is 284 g/mol. The normalized spacial score (nSPS) is 11.3. The van der Waals surface area contributed by atoms with Crippen molar-refractivity contribution in [1.82, 2.24) is 0 Å². The Morgan fingerprint density at radius 2 is 1.95 bits per heavy atom. The highest BCUT2D eigenvalue weighted by atomic mass is 35.5. The minimum absolute atomic E-state index is 0.425. The van der Waals surface area contributed by atoms with Crippen LogP contribution in [0.15, 0.2) is 18.2 Å². The van der Waals surface area contributed by atoms with E-state index < -0.39 is 5.97 Å². The van der Waals surface area contributed by atoms with E-state index in [4.69, 9.17) is 26.2 Å². The van der Waals surface area contributed by atoms with E-state index in [1.54, 1.807) is 12.1 Å². The molecule has 0 heterocycles. The summed E-state index contributed by atoms with van der Waals surface area (Å²) in [7, 11) is 3.03. The first-order valence-corrected chi connectivity index (χ1v) is 6.26. The lowest BCUT2D eigenvalue weighted by atomic mass is 9.99. The van der Waals surface area contributed by atoms with Crippen LogP contribution >= 0.6 is 11.6 Å². The topological polar surface area (TPSA) is 55.8 Å². The molecule has 0 aliphatic carbocycles. The van der Waals surface area contributed by atoms with Crippen molar-refractivity contribution < 1.29 is 19.4 Å². The summed E-state index contributed by atoms with van der Waals surface area (Å²) in [5.41, 5.74) is 1.37. The molecule has 1 N–H and O–H groups in total. The van der Waals surface area contributed by atoms with Gasteiger partial charge < -0.3 is 14.6 Å². The Balaban J connectivity index is 3.39. The number of aliphatic carboxylic acids is 1. The van der Waals surface area contributed by atoms with Gasteiger partial charge in [-0.15, -0.1) is 0 Å². The Labute approximate surface area is 117 Å². The molecule has 1 rings (SSSR count). The minimum atomic E-state index is -0.987. The summed E-state index contributed by atoms with van der Waals surface area (Å²) in [6.45, 7) is 1.98. The largest absolute Gasteiger partial charge is 0.496 e.